The summed E-state index contributed by atoms with van der Waals surface area (Å²) in [6.45, 7) is 6.20. The van der Waals surface area contributed by atoms with E-state index in [0.29, 0.717) is 29.9 Å². The zero-order valence-electron chi connectivity index (χ0n) is 12.8. The monoisotopic (exact) mass is 328 g/mol. The van der Waals surface area contributed by atoms with Crippen LogP contribution in [0.5, 0.6) is 0 Å². The summed E-state index contributed by atoms with van der Waals surface area (Å²) in [6.07, 6.45) is 4.58. The number of nitrogens with one attached hydrogen (secondary N) is 1. The number of sulfonamides is 1. The summed E-state index contributed by atoms with van der Waals surface area (Å²) in [5.41, 5.74) is 0. The van der Waals surface area contributed by atoms with E-state index in [1.165, 1.54) is 12.8 Å². The van der Waals surface area contributed by atoms with Gasteiger partial charge in [-0.1, -0.05) is 0 Å². The molecule has 118 valence electrons. The number of hydrogen-bond acceptors (Lipinski definition) is 4. The number of thiophene rings is 1. The largest absolute Gasteiger partial charge is 0.313 e. The van der Waals surface area contributed by atoms with Crippen LogP contribution in [0.4, 0.5) is 0 Å². The third-order valence-corrected chi connectivity index (χ3v) is 7.41. The van der Waals surface area contributed by atoms with Gasteiger partial charge in [-0.2, -0.15) is 4.31 Å². The molecule has 2 aliphatic rings. The van der Waals surface area contributed by atoms with Gasteiger partial charge in [-0.25, -0.2) is 8.42 Å². The standard InChI is InChI=1S/C15H24N2O2S2/c1-11-8-15(12(2)20-11)21(18,19)17(9-13-5-6-13)10-14-4-3-7-16-14/h8,13-14,16H,3-7,9-10H2,1-2H3. The van der Waals surface area contributed by atoms with Gasteiger partial charge in [0.1, 0.15) is 0 Å². The van der Waals surface area contributed by atoms with Crippen molar-refractivity contribution in [3.05, 3.63) is 15.8 Å². The first-order chi connectivity index (χ1) is 9.96. The fraction of sp³-hybridized carbons (Fsp3) is 0.733. The van der Waals surface area contributed by atoms with Gasteiger partial charge in [0.05, 0.1) is 4.90 Å². The Bertz CT molecular complexity index is 599. The fourth-order valence-corrected chi connectivity index (χ4v) is 6.11. The van der Waals surface area contributed by atoms with Crippen molar-refractivity contribution in [1.29, 1.82) is 0 Å². The Hall–Kier alpha value is -0.430. The fourth-order valence-electron chi connectivity index (χ4n) is 3.02. The average Bonchev–Trinajstić information content (AvgIpc) is 2.94. The zero-order valence-corrected chi connectivity index (χ0v) is 14.4. The highest BCUT2D eigenvalue weighted by Crippen LogP contribution is 2.34. The minimum Gasteiger partial charge on any atom is -0.313 e. The Morgan fingerprint density at radius 1 is 1.29 bits per heavy atom. The maximum atomic E-state index is 13.0. The Morgan fingerprint density at radius 3 is 2.57 bits per heavy atom. The normalized spacial score (nSPS) is 23.1. The first-order valence-electron chi connectivity index (χ1n) is 7.77. The van der Waals surface area contributed by atoms with E-state index in [1.54, 1.807) is 15.6 Å². The molecule has 1 aromatic heterocycles. The molecule has 3 rings (SSSR count). The third kappa shape index (κ3) is 3.50. The van der Waals surface area contributed by atoms with Crippen molar-refractivity contribution in [1.82, 2.24) is 9.62 Å². The van der Waals surface area contributed by atoms with Gasteiger partial charge in [-0.05, 0) is 58.1 Å². The third-order valence-electron chi connectivity index (χ3n) is 4.36. The molecule has 0 spiro atoms. The smallest absolute Gasteiger partial charge is 0.244 e. The van der Waals surface area contributed by atoms with Crippen LogP contribution in [0.1, 0.15) is 35.4 Å². The van der Waals surface area contributed by atoms with E-state index in [9.17, 15) is 8.42 Å². The lowest BCUT2D eigenvalue weighted by atomic mass is 10.2. The summed E-state index contributed by atoms with van der Waals surface area (Å²) >= 11 is 1.57. The molecule has 0 bridgehead atoms. The minimum atomic E-state index is -3.35. The second-order valence-electron chi connectivity index (χ2n) is 6.34. The summed E-state index contributed by atoms with van der Waals surface area (Å²) in [6, 6.07) is 2.15. The molecule has 0 radical (unpaired) electrons. The average molecular weight is 329 g/mol. The van der Waals surface area contributed by atoms with Crippen molar-refractivity contribution < 1.29 is 8.42 Å². The molecule has 2 fully saturated rings. The minimum absolute atomic E-state index is 0.318. The van der Waals surface area contributed by atoms with Crippen molar-refractivity contribution in [3.8, 4) is 0 Å². The van der Waals surface area contributed by atoms with Crippen LogP contribution in [0, 0.1) is 19.8 Å². The first-order valence-corrected chi connectivity index (χ1v) is 10.0. The van der Waals surface area contributed by atoms with Crippen LogP contribution in [-0.4, -0.2) is 38.4 Å². The lowest BCUT2D eigenvalue weighted by molar-refractivity contribution is 0.358. The SMILES string of the molecule is Cc1cc(S(=O)(=O)N(CC2CC2)CC2CCCN2)c(C)s1. The van der Waals surface area contributed by atoms with Crippen LogP contribution < -0.4 is 5.32 Å². The quantitative estimate of drug-likeness (QED) is 0.873. The molecule has 1 aromatic rings. The van der Waals surface area contributed by atoms with Gasteiger partial charge in [0.2, 0.25) is 10.0 Å². The number of hydrogen-bond donors (Lipinski definition) is 1. The van der Waals surface area contributed by atoms with E-state index in [1.807, 2.05) is 19.9 Å². The molecule has 1 N–H and O–H groups in total. The summed E-state index contributed by atoms with van der Waals surface area (Å²) in [5.74, 6) is 0.571. The lowest BCUT2D eigenvalue weighted by Gasteiger charge is -2.25. The molecule has 4 nitrogen and oxygen atoms in total. The summed E-state index contributed by atoms with van der Waals surface area (Å²) in [4.78, 5) is 2.49. The molecule has 1 aliphatic heterocycles. The predicted molar refractivity (Wildman–Crippen MR) is 86.3 cm³/mol. The van der Waals surface area contributed by atoms with E-state index >= 15 is 0 Å². The topological polar surface area (TPSA) is 49.4 Å². The van der Waals surface area contributed by atoms with E-state index in [2.05, 4.69) is 5.32 Å². The Kier molecular flexibility index (Phi) is 4.41. The molecule has 21 heavy (non-hydrogen) atoms. The predicted octanol–water partition coefficient (Wildman–Crippen LogP) is 2.52. The molecule has 2 heterocycles. The second kappa shape index (κ2) is 5.99. The Labute approximate surface area is 131 Å². The molecular formula is C15H24N2O2S2. The van der Waals surface area contributed by atoms with Crippen LogP contribution in [-0.2, 0) is 10.0 Å². The second-order valence-corrected chi connectivity index (χ2v) is 9.70. The van der Waals surface area contributed by atoms with Gasteiger partial charge in [-0.15, -0.1) is 11.3 Å². The summed E-state index contributed by atoms with van der Waals surface area (Å²) in [5, 5.41) is 3.42. The van der Waals surface area contributed by atoms with E-state index in [0.717, 1.165) is 29.1 Å². The van der Waals surface area contributed by atoms with Crippen molar-refractivity contribution in [2.75, 3.05) is 19.6 Å². The molecule has 1 saturated carbocycles. The van der Waals surface area contributed by atoms with E-state index in [-0.39, 0.29) is 0 Å². The highest BCUT2D eigenvalue weighted by atomic mass is 32.2. The van der Waals surface area contributed by atoms with E-state index < -0.39 is 10.0 Å². The van der Waals surface area contributed by atoms with Gasteiger partial charge in [0.25, 0.3) is 0 Å². The lowest BCUT2D eigenvalue weighted by Crippen LogP contribution is -2.42. The van der Waals surface area contributed by atoms with Gasteiger partial charge in [0, 0.05) is 28.9 Å². The maximum Gasteiger partial charge on any atom is 0.244 e. The maximum absolute atomic E-state index is 13.0. The summed E-state index contributed by atoms with van der Waals surface area (Å²) in [7, 11) is -3.35. The zero-order chi connectivity index (χ0) is 15.0. The molecule has 1 atom stereocenters. The van der Waals surface area contributed by atoms with E-state index in [4.69, 9.17) is 0 Å². The number of aryl methyl sites for hydroxylation is 2. The van der Waals surface area contributed by atoms with Crippen molar-refractivity contribution in [2.45, 2.75) is 50.5 Å². The van der Waals surface area contributed by atoms with Crippen LogP contribution in [0.25, 0.3) is 0 Å². The molecule has 0 amide bonds. The summed E-state index contributed by atoms with van der Waals surface area (Å²) < 4.78 is 27.8. The number of rotatable bonds is 6. The number of nitrogens with zero attached hydrogens (tertiary/aromatic N) is 1. The van der Waals surface area contributed by atoms with Crippen LogP contribution in [0.3, 0.4) is 0 Å². The molecule has 6 heteroatoms. The molecule has 1 aliphatic carbocycles. The Balaban J connectivity index is 1.84. The van der Waals surface area contributed by atoms with Crippen molar-refractivity contribution in [3.63, 3.8) is 0 Å². The van der Waals surface area contributed by atoms with Crippen LogP contribution >= 0.6 is 11.3 Å². The molecule has 0 aromatic carbocycles. The Morgan fingerprint density at radius 2 is 2.05 bits per heavy atom. The van der Waals surface area contributed by atoms with Gasteiger partial charge in [0.15, 0.2) is 0 Å². The molecule has 1 unspecified atom stereocenters. The molecule has 1 saturated heterocycles. The van der Waals surface area contributed by atoms with Crippen molar-refractivity contribution >= 4 is 21.4 Å². The van der Waals surface area contributed by atoms with Gasteiger partial charge < -0.3 is 5.32 Å². The van der Waals surface area contributed by atoms with Crippen LogP contribution in [0.15, 0.2) is 11.0 Å². The molecular weight excluding hydrogens is 304 g/mol. The highest BCUT2D eigenvalue weighted by Gasteiger charge is 2.34. The van der Waals surface area contributed by atoms with Gasteiger partial charge in [-0.3, -0.25) is 0 Å². The van der Waals surface area contributed by atoms with Gasteiger partial charge >= 0.3 is 0 Å². The first kappa shape index (κ1) is 15.5. The van der Waals surface area contributed by atoms with Crippen LogP contribution in [0.2, 0.25) is 0 Å². The van der Waals surface area contributed by atoms with Crippen molar-refractivity contribution in [2.24, 2.45) is 5.92 Å². The highest BCUT2D eigenvalue weighted by molar-refractivity contribution is 7.89.